The van der Waals surface area contributed by atoms with Crippen molar-refractivity contribution in [2.75, 3.05) is 34.9 Å². The minimum Gasteiger partial charge on any atom is -0.355 e. The third-order valence-electron chi connectivity index (χ3n) is 4.85. The molecule has 0 N–H and O–H groups in total. The maximum absolute atomic E-state index is 11.8. The van der Waals surface area contributed by atoms with Crippen molar-refractivity contribution >= 4 is 21.5 Å². The predicted octanol–water partition coefficient (Wildman–Crippen LogP) is 2.43. The Kier molecular flexibility index (Phi) is 5.46. The summed E-state index contributed by atoms with van der Waals surface area (Å²) in [6.07, 6.45) is 0.652. The monoisotopic (exact) mass is 374 g/mol. The third-order valence-corrected chi connectivity index (χ3v) is 6.60. The van der Waals surface area contributed by atoms with Gasteiger partial charge in [0.25, 0.3) is 0 Å². The second kappa shape index (κ2) is 7.61. The highest BCUT2D eigenvalue weighted by Gasteiger charge is 2.31. The van der Waals surface area contributed by atoms with Crippen LogP contribution in [0.1, 0.15) is 24.7 Å². The smallest absolute Gasteiger partial charge is 0.152 e. The van der Waals surface area contributed by atoms with Gasteiger partial charge in [0, 0.05) is 32.2 Å². The first-order valence-corrected chi connectivity index (χ1v) is 10.8. The minimum absolute atomic E-state index is 0.0219. The molecule has 0 saturated carbocycles. The highest BCUT2D eigenvalue weighted by molar-refractivity contribution is 7.91. The molecular formula is C19H26N4O2S. The fraction of sp³-hybridized carbons (Fsp3) is 0.474. The molecule has 0 amide bonds. The number of hydrogen-bond donors (Lipinski definition) is 0. The molecule has 1 saturated heterocycles. The maximum Gasteiger partial charge on any atom is 0.152 e. The van der Waals surface area contributed by atoms with Gasteiger partial charge >= 0.3 is 0 Å². The summed E-state index contributed by atoms with van der Waals surface area (Å²) < 4.78 is 23.6. The average molecular weight is 375 g/mol. The van der Waals surface area contributed by atoms with Crippen LogP contribution in [0.4, 0.5) is 11.6 Å². The quantitative estimate of drug-likeness (QED) is 0.774. The number of anilines is 2. The van der Waals surface area contributed by atoms with E-state index in [2.05, 4.69) is 33.9 Å². The maximum atomic E-state index is 11.8. The van der Waals surface area contributed by atoms with E-state index in [1.54, 1.807) is 0 Å². The van der Waals surface area contributed by atoms with E-state index in [0.29, 0.717) is 12.2 Å². The van der Waals surface area contributed by atoms with E-state index in [9.17, 15) is 8.42 Å². The Morgan fingerprint density at radius 2 is 1.85 bits per heavy atom. The number of sulfone groups is 1. The molecule has 0 bridgehead atoms. The van der Waals surface area contributed by atoms with Crippen LogP contribution in [0.5, 0.6) is 0 Å². The molecular weight excluding hydrogens is 348 g/mol. The standard InChI is InChI=1S/C19H26N4O2S/c1-4-23(13-16-8-6-5-7-9-16)19-12-18(20-15(2)21-19)22(3)17-10-11-26(24,25)14-17/h5-9,12,17H,4,10-11,13-14H2,1-3H3. The van der Waals surface area contributed by atoms with Crippen molar-refractivity contribution in [3.05, 3.63) is 47.8 Å². The second-order valence-electron chi connectivity index (χ2n) is 6.80. The van der Waals surface area contributed by atoms with Crippen molar-refractivity contribution < 1.29 is 8.42 Å². The van der Waals surface area contributed by atoms with Crippen LogP contribution < -0.4 is 9.80 Å². The molecule has 3 rings (SSSR count). The molecule has 1 unspecified atom stereocenters. The summed E-state index contributed by atoms with van der Waals surface area (Å²) in [5, 5.41) is 0. The first-order valence-electron chi connectivity index (χ1n) is 8.96. The summed E-state index contributed by atoms with van der Waals surface area (Å²) >= 11 is 0. The van der Waals surface area contributed by atoms with Crippen molar-refractivity contribution in [3.63, 3.8) is 0 Å². The zero-order chi connectivity index (χ0) is 18.7. The van der Waals surface area contributed by atoms with Crippen molar-refractivity contribution in [2.45, 2.75) is 32.9 Å². The topological polar surface area (TPSA) is 66.4 Å². The van der Waals surface area contributed by atoms with E-state index in [-0.39, 0.29) is 17.5 Å². The van der Waals surface area contributed by atoms with Crippen molar-refractivity contribution in [1.29, 1.82) is 0 Å². The van der Waals surface area contributed by atoms with Gasteiger partial charge in [0.2, 0.25) is 0 Å². The van der Waals surface area contributed by atoms with Gasteiger partial charge in [-0.15, -0.1) is 0 Å². The lowest BCUT2D eigenvalue weighted by Crippen LogP contribution is -2.34. The van der Waals surface area contributed by atoms with Crippen LogP contribution in [0.25, 0.3) is 0 Å². The summed E-state index contributed by atoms with van der Waals surface area (Å²) in [5.74, 6) is 2.79. The van der Waals surface area contributed by atoms with Crippen LogP contribution >= 0.6 is 0 Å². The SMILES string of the molecule is CCN(Cc1ccccc1)c1cc(N(C)C2CCS(=O)(=O)C2)nc(C)n1. The van der Waals surface area contributed by atoms with Crippen LogP contribution in [0.15, 0.2) is 36.4 Å². The molecule has 1 aliphatic heterocycles. The van der Waals surface area contributed by atoms with Gasteiger partial charge in [0.1, 0.15) is 17.5 Å². The number of benzene rings is 1. The Morgan fingerprint density at radius 3 is 2.46 bits per heavy atom. The molecule has 6 nitrogen and oxygen atoms in total. The van der Waals surface area contributed by atoms with E-state index in [1.165, 1.54) is 5.56 Å². The fourth-order valence-corrected chi connectivity index (χ4v) is 5.08. The first kappa shape index (κ1) is 18.6. The third kappa shape index (κ3) is 4.33. The summed E-state index contributed by atoms with van der Waals surface area (Å²) in [7, 11) is -1.00. The zero-order valence-corrected chi connectivity index (χ0v) is 16.4. The molecule has 1 atom stereocenters. The Balaban J connectivity index is 1.84. The second-order valence-corrected chi connectivity index (χ2v) is 9.03. The Morgan fingerprint density at radius 1 is 1.15 bits per heavy atom. The molecule has 1 aromatic heterocycles. The van der Waals surface area contributed by atoms with Gasteiger partial charge < -0.3 is 9.80 Å². The van der Waals surface area contributed by atoms with Crippen LogP contribution in [-0.4, -0.2) is 49.5 Å². The van der Waals surface area contributed by atoms with Crippen molar-refractivity contribution in [2.24, 2.45) is 0 Å². The minimum atomic E-state index is -2.93. The van der Waals surface area contributed by atoms with Gasteiger partial charge in [-0.05, 0) is 25.8 Å². The van der Waals surface area contributed by atoms with Crippen LogP contribution in [-0.2, 0) is 16.4 Å². The highest BCUT2D eigenvalue weighted by Crippen LogP contribution is 2.25. The van der Waals surface area contributed by atoms with E-state index in [1.807, 2.05) is 43.1 Å². The van der Waals surface area contributed by atoms with Gasteiger partial charge in [-0.2, -0.15) is 0 Å². The molecule has 1 aromatic carbocycles. The van der Waals surface area contributed by atoms with E-state index < -0.39 is 9.84 Å². The molecule has 0 spiro atoms. The van der Waals surface area contributed by atoms with Gasteiger partial charge in [0.15, 0.2) is 9.84 Å². The summed E-state index contributed by atoms with van der Waals surface area (Å²) in [5.41, 5.74) is 1.22. The Hall–Kier alpha value is -2.15. The zero-order valence-electron chi connectivity index (χ0n) is 15.6. The van der Waals surface area contributed by atoms with Gasteiger partial charge in [-0.3, -0.25) is 0 Å². The fourth-order valence-electron chi connectivity index (χ4n) is 3.31. The molecule has 2 aromatic rings. The van der Waals surface area contributed by atoms with Crippen LogP contribution in [0.2, 0.25) is 0 Å². The molecule has 1 fully saturated rings. The van der Waals surface area contributed by atoms with E-state index >= 15 is 0 Å². The van der Waals surface area contributed by atoms with Crippen LogP contribution in [0, 0.1) is 6.92 Å². The number of nitrogens with zero attached hydrogens (tertiary/aromatic N) is 4. The lowest BCUT2D eigenvalue weighted by Gasteiger charge is -2.27. The summed E-state index contributed by atoms with van der Waals surface area (Å²) in [4.78, 5) is 13.3. The molecule has 2 heterocycles. The first-order chi connectivity index (χ1) is 12.4. The summed E-state index contributed by atoms with van der Waals surface area (Å²) in [6, 6.07) is 12.2. The number of aromatic nitrogens is 2. The van der Waals surface area contributed by atoms with Gasteiger partial charge in [0.05, 0.1) is 11.5 Å². The van der Waals surface area contributed by atoms with E-state index in [0.717, 1.165) is 24.7 Å². The number of rotatable bonds is 6. The molecule has 7 heteroatoms. The van der Waals surface area contributed by atoms with Crippen LogP contribution in [0.3, 0.4) is 0 Å². The molecule has 140 valence electrons. The number of hydrogen-bond acceptors (Lipinski definition) is 6. The van der Waals surface area contributed by atoms with Crippen molar-refractivity contribution in [3.8, 4) is 0 Å². The molecule has 26 heavy (non-hydrogen) atoms. The lowest BCUT2D eigenvalue weighted by molar-refractivity contribution is 0.600. The Labute approximate surface area is 155 Å². The van der Waals surface area contributed by atoms with Crippen molar-refractivity contribution in [1.82, 2.24) is 9.97 Å². The predicted molar refractivity (Wildman–Crippen MR) is 105 cm³/mol. The van der Waals surface area contributed by atoms with E-state index in [4.69, 9.17) is 0 Å². The van der Waals surface area contributed by atoms with Gasteiger partial charge in [-0.25, -0.2) is 18.4 Å². The molecule has 1 aliphatic rings. The number of aryl methyl sites for hydroxylation is 1. The highest BCUT2D eigenvalue weighted by atomic mass is 32.2. The van der Waals surface area contributed by atoms with Gasteiger partial charge in [-0.1, -0.05) is 30.3 Å². The summed E-state index contributed by atoms with van der Waals surface area (Å²) in [6.45, 7) is 5.58. The lowest BCUT2D eigenvalue weighted by atomic mass is 10.2. The average Bonchev–Trinajstić information content (AvgIpc) is 2.99. The molecule has 0 aliphatic carbocycles. The Bertz CT molecular complexity index is 855. The largest absolute Gasteiger partial charge is 0.355 e. The molecule has 0 radical (unpaired) electrons. The normalized spacial score (nSPS) is 18.7.